The Labute approximate surface area is 159 Å². The Kier molecular flexibility index (Phi) is 5.46. The van der Waals surface area contributed by atoms with Crippen LogP contribution in [0.4, 0.5) is 4.39 Å². The molecule has 27 heavy (non-hydrogen) atoms. The SMILES string of the molecule is CCOC(=O)C=Cc1c(Oc2ccnc(C(N)=S)c2)c(F)cc2[nH]ccc12. The zero-order chi connectivity index (χ0) is 19.4. The monoisotopic (exact) mass is 385 g/mol. The predicted octanol–water partition coefficient (Wildman–Crippen LogP) is 3.70. The standard InChI is InChI=1S/C19H16FN3O3S/c1-2-25-17(24)4-3-13-12-6-8-22-15(12)10-14(20)18(13)26-11-5-7-23-16(9-11)19(21)27/h3-10,22H,2H2,1H3,(H2,21,27). The van der Waals surface area contributed by atoms with Crippen molar-refractivity contribution in [3.63, 3.8) is 0 Å². The number of aromatic amines is 1. The molecule has 0 aliphatic heterocycles. The third-order valence-corrected chi connectivity index (χ3v) is 3.89. The molecule has 0 aliphatic carbocycles. The molecule has 0 bridgehead atoms. The minimum atomic E-state index is -0.595. The Morgan fingerprint density at radius 2 is 2.22 bits per heavy atom. The number of nitrogens with one attached hydrogen (secondary N) is 1. The van der Waals surface area contributed by atoms with E-state index in [2.05, 4.69) is 9.97 Å². The van der Waals surface area contributed by atoms with E-state index in [1.54, 1.807) is 25.3 Å². The van der Waals surface area contributed by atoms with Crippen LogP contribution in [0.15, 0.2) is 42.7 Å². The van der Waals surface area contributed by atoms with Gasteiger partial charge in [0.05, 0.1) is 6.61 Å². The molecule has 138 valence electrons. The molecule has 0 unspecified atom stereocenters. The summed E-state index contributed by atoms with van der Waals surface area (Å²) in [6, 6.07) is 6.16. The third-order valence-electron chi connectivity index (χ3n) is 3.68. The number of carbonyl (C=O) groups is 1. The van der Waals surface area contributed by atoms with Crippen LogP contribution in [0.25, 0.3) is 17.0 Å². The van der Waals surface area contributed by atoms with Crippen molar-refractivity contribution in [2.24, 2.45) is 5.73 Å². The van der Waals surface area contributed by atoms with E-state index in [-0.39, 0.29) is 17.3 Å². The maximum absolute atomic E-state index is 14.7. The van der Waals surface area contributed by atoms with Gasteiger partial charge in [0.15, 0.2) is 11.6 Å². The van der Waals surface area contributed by atoms with Crippen LogP contribution in [0.2, 0.25) is 0 Å². The number of rotatable bonds is 6. The van der Waals surface area contributed by atoms with E-state index in [0.29, 0.717) is 27.9 Å². The molecule has 1 aromatic carbocycles. The van der Waals surface area contributed by atoms with Gasteiger partial charge in [0.2, 0.25) is 0 Å². The van der Waals surface area contributed by atoms with Gasteiger partial charge in [0, 0.05) is 47.1 Å². The molecule has 0 saturated carbocycles. The van der Waals surface area contributed by atoms with Crippen LogP contribution in [0, 0.1) is 5.82 Å². The number of benzene rings is 1. The number of esters is 1. The molecule has 6 nitrogen and oxygen atoms in total. The van der Waals surface area contributed by atoms with Crippen molar-refractivity contribution < 1.29 is 18.7 Å². The van der Waals surface area contributed by atoms with Crippen molar-refractivity contribution >= 4 is 40.2 Å². The van der Waals surface area contributed by atoms with E-state index in [9.17, 15) is 9.18 Å². The van der Waals surface area contributed by atoms with Crippen LogP contribution in [0.5, 0.6) is 11.5 Å². The van der Waals surface area contributed by atoms with Gasteiger partial charge in [-0.05, 0) is 25.1 Å². The molecular weight excluding hydrogens is 369 g/mol. The number of ether oxygens (including phenoxy) is 2. The number of hydrogen-bond acceptors (Lipinski definition) is 5. The lowest BCUT2D eigenvalue weighted by Gasteiger charge is -2.12. The number of thiocarbonyl (C=S) groups is 1. The molecule has 8 heteroatoms. The average molecular weight is 385 g/mol. The molecule has 3 N–H and O–H groups in total. The highest BCUT2D eigenvalue weighted by Crippen LogP contribution is 2.35. The van der Waals surface area contributed by atoms with Crippen LogP contribution >= 0.6 is 12.2 Å². The highest BCUT2D eigenvalue weighted by atomic mass is 32.1. The first-order valence-electron chi connectivity index (χ1n) is 8.07. The lowest BCUT2D eigenvalue weighted by atomic mass is 10.1. The lowest BCUT2D eigenvalue weighted by molar-refractivity contribution is -0.137. The highest BCUT2D eigenvalue weighted by molar-refractivity contribution is 7.80. The van der Waals surface area contributed by atoms with Gasteiger partial charge in [-0.2, -0.15) is 0 Å². The van der Waals surface area contributed by atoms with Gasteiger partial charge in [-0.3, -0.25) is 4.98 Å². The van der Waals surface area contributed by atoms with Crippen LogP contribution in [-0.4, -0.2) is 27.5 Å². The van der Waals surface area contributed by atoms with Crippen molar-refractivity contribution in [3.05, 3.63) is 59.8 Å². The van der Waals surface area contributed by atoms with Gasteiger partial charge in [-0.1, -0.05) is 12.2 Å². The number of H-pyrrole nitrogens is 1. The van der Waals surface area contributed by atoms with Gasteiger partial charge in [-0.15, -0.1) is 0 Å². The smallest absolute Gasteiger partial charge is 0.330 e. The maximum atomic E-state index is 14.7. The minimum Gasteiger partial charge on any atom is -0.463 e. The number of halogens is 1. The molecule has 0 aliphatic rings. The number of fused-ring (bicyclic) bond motifs is 1. The molecule has 0 radical (unpaired) electrons. The molecule has 3 aromatic rings. The van der Waals surface area contributed by atoms with Crippen LogP contribution in [0.3, 0.4) is 0 Å². The maximum Gasteiger partial charge on any atom is 0.330 e. The Bertz CT molecular complexity index is 1050. The summed E-state index contributed by atoms with van der Waals surface area (Å²) >= 11 is 4.90. The first-order valence-corrected chi connectivity index (χ1v) is 8.48. The van der Waals surface area contributed by atoms with Crippen molar-refractivity contribution in [1.82, 2.24) is 9.97 Å². The Morgan fingerprint density at radius 3 is 2.96 bits per heavy atom. The van der Waals surface area contributed by atoms with Gasteiger partial charge in [-0.25, -0.2) is 9.18 Å². The van der Waals surface area contributed by atoms with Crippen molar-refractivity contribution in [1.29, 1.82) is 0 Å². The summed E-state index contributed by atoms with van der Waals surface area (Å²) in [7, 11) is 0. The van der Waals surface area contributed by atoms with Gasteiger partial charge >= 0.3 is 5.97 Å². The topological polar surface area (TPSA) is 90.2 Å². The summed E-state index contributed by atoms with van der Waals surface area (Å²) in [5.74, 6) is -0.853. The van der Waals surface area contributed by atoms with Crippen LogP contribution < -0.4 is 10.5 Å². The predicted molar refractivity (Wildman–Crippen MR) is 104 cm³/mol. The number of aromatic nitrogens is 2. The molecule has 0 spiro atoms. The van der Waals surface area contributed by atoms with E-state index in [1.807, 2.05) is 0 Å². The Morgan fingerprint density at radius 1 is 1.41 bits per heavy atom. The molecule has 0 saturated heterocycles. The van der Waals surface area contributed by atoms with Crippen molar-refractivity contribution in [3.8, 4) is 11.5 Å². The van der Waals surface area contributed by atoms with E-state index >= 15 is 0 Å². The number of nitrogens with two attached hydrogens (primary N) is 1. The van der Waals surface area contributed by atoms with Crippen LogP contribution in [0.1, 0.15) is 18.2 Å². The summed E-state index contributed by atoms with van der Waals surface area (Å²) in [6.07, 6.45) is 5.82. The fraction of sp³-hybridized carbons (Fsp3) is 0.105. The summed E-state index contributed by atoms with van der Waals surface area (Å²) in [5.41, 5.74) is 6.90. The van der Waals surface area contributed by atoms with Crippen LogP contribution in [-0.2, 0) is 9.53 Å². The average Bonchev–Trinajstić information content (AvgIpc) is 3.10. The zero-order valence-corrected chi connectivity index (χ0v) is 15.2. The minimum absolute atomic E-state index is 0.0391. The molecule has 0 amide bonds. The van der Waals surface area contributed by atoms with Gasteiger partial charge in [0.25, 0.3) is 0 Å². The van der Waals surface area contributed by atoms with E-state index < -0.39 is 11.8 Å². The molecule has 0 atom stereocenters. The highest BCUT2D eigenvalue weighted by Gasteiger charge is 2.16. The fourth-order valence-corrected chi connectivity index (χ4v) is 2.63. The first-order chi connectivity index (χ1) is 13.0. The third kappa shape index (κ3) is 4.12. The summed E-state index contributed by atoms with van der Waals surface area (Å²) in [6.45, 7) is 1.95. The summed E-state index contributed by atoms with van der Waals surface area (Å²) < 4.78 is 25.4. The zero-order valence-electron chi connectivity index (χ0n) is 14.4. The quantitative estimate of drug-likeness (QED) is 0.382. The van der Waals surface area contributed by atoms with E-state index in [4.69, 9.17) is 27.4 Å². The number of hydrogen-bond donors (Lipinski definition) is 2. The lowest BCUT2D eigenvalue weighted by Crippen LogP contribution is -2.11. The summed E-state index contributed by atoms with van der Waals surface area (Å²) in [5, 5.41) is 0.690. The molecule has 0 fully saturated rings. The van der Waals surface area contributed by atoms with Gasteiger partial charge in [0.1, 0.15) is 16.4 Å². The molecule has 2 heterocycles. The van der Waals surface area contributed by atoms with E-state index in [0.717, 1.165) is 0 Å². The largest absolute Gasteiger partial charge is 0.463 e. The second kappa shape index (κ2) is 7.96. The number of carbonyl (C=O) groups excluding carboxylic acids is 1. The number of pyridine rings is 1. The second-order valence-corrected chi connectivity index (χ2v) is 5.91. The Balaban J connectivity index is 2.07. The first kappa shape index (κ1) is 18.5. The second-order valence-electron chi connectivity index (χ2n) is 5.47. The fourth-order valence-electron chi connectivity index (χ4n) is 2.52. The normalized spacial score (nSPS) is 11.0. The number of nitrogens with zero attached hydrogens (tertiary/aromatic N) is 1. The van der Waals surface area contributed by atoms with Crippen molar-refractivity contribution in [2.75, 3.05) is 6.61 Å². The van der Waals surface area contributed by atoms with Crippen molar-refractivity contribution in [2.45, 2.75) is 6.92 Å². The molecule has 2 aromatic heterocycles. The van der Waals surface area contributed by atoms with E-state index in [1.165, 1.54) is 30.5 Å². The summed E-state index contributed by atoms with van der Waals surface area (Å²) in [4.78, 5) is 18.7. The van der Waals surface area contributed by atoms with Gasteiger partial charge < -0.3 is 20.2 Å². The Hall–Kier alpha value is -3.26. The molecule has 3 rings (SSSR count). The molecular formula is C19H16FN3O3S.